The van der Waals surface area contributed by atoms with Gasteiger partial charge in [-0.1, -0.05) is 30.8 Å². The molecular formula is C30H33N5O3. The van der Waals surface area contributed by atoms with Crippen molar-refractivity contribution in [3.8, 4) is 5.75 Å². The third-order valence-corrected chi connectivity index (χ3v) is 6.02. The van der Waals surface area contributed by atoms with Gasteiger partial charge in [-0.05, 0) is 65.7 Å². The van der Waals surface area contributed by atoms with Crippen LogP contribution in [0.1, 0.15) is 11.1 Å². The van der Waals surface area contributed by atoms with Crippen molar-refractivity contribution in [3.05, 3.63) is 102 Å². The molecule has 1 amide bonds. The first-order chi connectivity index (χ1) is 18.5. The van der Waals surface area contributed by atoms with Crippen LogP contribution in [0, 0.1) is 0 Å². The predicted octanol–water partition coefficient (Wildman–Crippen LogP) is 4.67. The molecule has 1 fully saturated rings. The van der Waals surface area contributed by atoms with E-state index in [-0.39, 0.29) is 12.3 Å². The fourth-order valence-corrected chi connectivity index (χ4v) is 4.00. The number of carbonyl (C=O) groups excluding carboxylic acids is 1. The summed E-state index contributed by atoms with van der Waals surface area (Å²) < 4.78 is 10.6. The van der Waals surface area contributed by atoms with Crippen LogP contribution in [0.3, 0.4) is 0 Å². The van der Waals surface area contributed by atoms with E-state index in [1.165, 1.54) is 5.69 Å². The highest BCUT2D eigenvalue weighted by atomic mass is 16.5. The van der Waals surface area contributed by atoms with E-state index in [9.17, 15) is 4.79 Å². The van der Waals surface area contributed by atoms with Crippen LogP contribution in [0.5, 0.6) is 5.75 Å². The zero-order valence-electron chi connectivity index (χ0n) is 21.5. The number of methoxy groups -OCH3 is 1. The largest absolute Gasteiger partial charge is 0.497 e. The molecule has 196 valence electrons. The number of anilines is 3. The van der Waals surface area contributed by atoms with Gasteiger partial charge >= 0.3 is 0 Å². The molecule has 0 unspecified atom stereocenters. The molecule has 1 saturated heterocycles. The first-order valence-electron chi connectivity index (χ1n) is 12.4. The number of nitrogens with one attached hydrogen (secondary N) is 2. The van der Waals surface area contributed by atoms with Crippen LogP contribution < -0.4 is 26.0 Å². The molecule has 3 aromatic rings. The van der Waals surface area contributed by atoms with Crippen LogP contribution in [0.2, 0.25) is 0 Å². The average molecular weight is 512 g/mol. The lowest BCUT2D eigenvalue weighted by Gasteiger charge is -2.28. The lowest BCUT2D eigenvalue weighted by molar-refractivity contribution is -0.115. The molecule has 0 spiro atoms. The van der Waals surface area contributed by atoms with Crippen LogP contribution in [0.15, 0.2) is 96.3 Å². The summed E-state index contributed by atoms with van der Waals surface area (Å²) in [6.45, 7) is 7.28. The minimum Gasteiger partial charge on any atom is -0.497 e. The molecule has 1 heterocycles. The van der Waals surface area contributed by atoms with Crippen LogP contribution in [0.4, 0.5) is 17.1 Å². The van der Waals surface area contributed by atoms with Crippen molar-refractivity contribution in [2.45, 2.75) is 6.42 Å². The Hall–Kier alpha value is -4.56. The lowest BCUT2D eigenvalue weighted by atomic mass is 10.1. The molecule has 0 atom stereocenters. The number of ether oxygens (including phenoxy) is 2. The van der Waals surface area contributed by atoms with E-state index in [2.05, 4.69) is 39.2 Å². The minimum absolute atomic E-state index is 0.108. The highest BCUT2D eigenvalue weighted by molar-refractivity contribution is 5.92. The Bertz CT molecular complexity index is 1290. The van der Waals surface area contributed by atoms with Gasteiger partial charge in [0.15, 0.2) is 0 Å². The maximum atomic E-state index is 12.4. The summed E-state index contributed by atoms with van der Waals surface area (Å²) >= 11 is 0. The molecule has 4 rings (SSSR count). The number of carbonyl (C=O) groups is 1. The van der Waals surface area contributed by atoms with Crippen molar-refractivity contribution in [1.29, 1.82) is 0 Å². The third kappa shape index (κ3) is 7.72. The quantitative estimate of drug-likeness (QED) is 0.342. The minimum atomic E-state index is -0.108. The number of hydrogen-bond acceptors (Lipinski definition) is 7. The summed E-state index contributed by atoms with van der Waals surface area (Å²) in [6, 6.07) is 23.0. The van der Waals surface area contributed by atoms with E-state index in [1.807, 2.05) is 60.7 Å². The van der Waals surface area contributed by atoms with Crippen molar-refractivity contribution < 1.29 is 14.3 Å². The molecule has 8 nitrogen and oxygen atoms in total. The van der Waals surface area contributed by atoms with Gasteiger partial charge in [0, 0.05) is 42.1 Å². The Labute approximate surface area is 223 Å². The molecule has 1 aliphatic rings. The number of nitrogens with two attached hydrogens (primary N) is 1. The molecule has 8 heteroatoms. The summed E-state index contributed by atoms with van der Waals surface area (Å²) in [5.74, 6) is 1.12. The smallest absolute Gasteiger partial charge is 0.228 e. The van der Waals surface area contributed by atoms with Gasteiger partial charge in [-0.15, -0.1) is 0 Å². The van der Waals surface area contributed by atoms with Crippen molar-refractivity contribution in [3.63, 3.8) is 0 Å². The molecule has 0 radical (unpaired) electrons. The van der Waals surface area contributed by atoms with E-state index in [1.54, 1.807) is 19.4 Å². The molecule has 38 heavy (non-hydrogen) atoms. The fourth-order valence-electron chi connectivity index (χ4n) is 4.00. The molecule has 4 N–H and O–H groups in total. The zero-order valence-corrected chi connectivity index (χ0v) is 21.5. The Balaban J connectivity index is 1.26. The van der Waals surface area contributed by atoms with Gasteiger partial charge in [0.1, 0.15) is 11.6 Å². The van der Waals surface area contributed by atoms with Crippen LogP contribution in [-0.2, 0) is 16.0 Å². The van der Waals surface area contributed by atoms with Crippen molar-refractivity contribution in [1.82, 2.24) is 0 Å². The summed E-state index contributed by atoms with van der Waals surface area (Å²) in [5.41, 5.74) is 11.2. The summed E-state index contributed by atoms with van der Waals surface area (Å²) in [5, 5.41) is 6.08. The Morgan fingerprint density at radius 1 is 1.05 bits per heavy atom. The molecule has 3 aromatic carbocycles. The Kier molecular flexibility index (Phi) is 9.15. The molecule has 0 aromatic heterocycles. The maximum absolute atomic E-state index is 12.4. The van der Waals surface area contributed by atoms with Gasteiger partial charge in [0.2, 0.25) is 5.91 Å². The second-order valence-electron chi connectivity index (χ2n) is 8.77. The number of morpholine rings is 1. The third-order valence-electron chi connectivity index (χ3n) is 6.02. The second-order valence-corrected chi connectivity index (χ2v) is 8.77. The van der Waals surface area contributed by atoms with E-state index in [4.69, 9.17) is 15.2 Å². The monoisotopic (exact) mass is 511 g/mol. The number of aliphatic imine (C=N–C) groups is 1. The normalized spacial score (nSPS) is 13.8. The summed E-state index contributed by atoms with van der Waals surface area (Å²) in [4.78, 5) is 19.0. The topological polar surface area (TPSA) is 101 Å². The van der Waals surface area contributed by atoms with Gasteiger partial charge in [0.05, 0.1) is 26.7 Å². The molecule has 0 saturated carbocycles. The average Bonchev–Trinajstić information content (AvgIpc) is 2.94. The van der Waals surface area contributed by atoms with Crippen LogP contribution in [0.25, 0.3) is 5.70 Å². The lowest BCUT2D eigenvalue weighted by Crippen LogP contribution is -2.36. The zero-order chi connectivity index (χ0) is 26.7. The van der Waals surface area contributed by atoms with E-state index in [0.29, 0.717) is 17.2 Å². The molecule has 0 aliphatic carbocycles. The number of allylic oxidation sites excluding steroid dienone is 1. The van der Waals surface area contributed by atoms with Gasteiger partial charge in [-0.25, -0.2) is 4.99 Å². The number of rotatable bonds is 10. The van der Waals surface area contributed by atoms with Gasteiger partial charge in [0.25, 0.3) is 0 Å². The number of amides is 1. The summed E-state index contributed by atoms with van der Waals surface area (Å²) in [7, 11) is 1.60. The molecular weight excluding hydrogens is 478 g/mol. The Morgan fingerprint density at radius 3 is 2.45 bits per heavy atom. The standard InChI is InChI=1S/C30H33N5O3/c1-22(33-25-10-12-27(13-11-25)35-16-18-38-19-17-35)32-15-14-29(31)24-6-8-26(9-7-24)34-30(36)21-23-4-3-5-28(20-23)37-2/h3-15,20,33H,1,16-19,21,31H2,2H3,(H,34,36)/b29-14-,32-15?. The SMILES string of the molecule is C=C(N=C/C=C(\N)c1ccc(NC(=O)Cc2cccc(OC)c2)cc1)Nc1ccc(N2CCOCC2)cc1. The maximum Gasteiger partial charge on any atom is 0.228 e. The number of nitrogens with zero attached hydrogens (tertiary/aromatic N) is 2. The predicted molar refractivity (Wildman–Crippen MR) is 155 cm³/mol. The molecule has 0 bridgehead atoms. The first-order valence-corrected chi connectivity index (χ1v) is 12.4. The molecule has 1 aliphatic heterocycles. The number of hydrogen-bond donors (Lipinski definition) is 3. The van der Waals surface area contributed by atoms with Gasteiger partial charge in [-0.3, -0.25) is 4.79 Å². The van der Waals surface area contributed by atoms with E-state index in [0.717, 1.165) is 48.9 Å². The first kappa shape index (κ1) is 26.5. The van der Waals surface area contributed by atoms with Gasteiger partial charge in [-0.2, -0.15) is 0 Å². The van der Waals surface area contributed by atoms with Crippen LogP contribution >= 0.6 is 0 Å². The Morgan fingerprint density at radius 2 is 1.74 bits per heavy atom. The van der Waals surface area contributed by atoms with E-state index >= 15 is 0 Å². The fraction of sp³-hybridized carbons (Fsp3) is 0.200. The van der Waals surface area contributed by atoms with Crippen molar-refractivity contribution in [2.75, 3.05) is 48.9 Å². The highest BCUT2D eigenvalue weighted by Gasteiger charge is 2.10. The van der Waals surface area contributed by atoms with Crippen LogP contribution in [-0.4, -0.2) is 45.5 Å². The highest BCUT2D eigenvalue weighted by Crippen LogP contribution is 2.20. The summed E-state index contributed by atoms with van der Waals surface area (Å²) in [6.07, 6.45) is 3.58. The van der Waals surface area contributed by atoms with Crippen molar-refractivity contribution >= 4 is 34.9 Å². The van der Waals surface area contributed by atoms with Crippen molar-refractivity contribution in [2.24, 2.45) is 10.7 Å². The van der Waals surface area contributed by atoms with Gasteiger partial charge < -0.3 is 30.7 Å². The second kappa shape index (κ2) is 13.1. The number of benzene rings is 3. The van der Waals surface area contributed by atoms with E-state index < -0.39 is 0 Å².